The highest BCUT2D eigenvalue weighted by Crippen LogP contribution is 2.16. The summed E-state index contributed by atoms with van der Waals surface area (Å²) in [6.07, 6.45) is 2.49. The van der Waals surface area contributed by atoms with Crippen LogP contribution in [-0.2, 0) is 0 Å². The van der Waals surface area contributed by atoms with E-state index in [2.05, 4.69) is 30.8 Å². The molecule has 0 bridgehead atoms. The zero-order chi connectivity index (χ0) is 16.8. The summed E-state index contributed by atoms with van der Waals surface area (Å²) in [7, 11) is 4.05. The van der Waals surface area contributed by atoms with E-state index in [1.807, 2.05) is 38.4 Å². The lowest BCUT2D eigenvalue weighted by Gasteiger charge is -2.17. The van der Waals surface area contributed by atoms with Gasteiger partial charge in [-0.15, -0.1) is 11.3 Å². The van der Waals surface area contributed by atoms with Crippen LogP contribution in [0.4, 0.5) is 0 Å². The van der Waals surface area contributed by atoms with Gasteiger partial charge in [-0.25, -0.2) is 4.98 Å². The molecule has 7 heteroatoms. The average molecular weight is 403 g/mol. The van der Waals surface area contributed by atoms with E-state index in [9.17, 15) is 4.79 Å². The van der Waals surface area contributed by atoms with Crippen LogP contribution in [0.15, 0.2) is 44.9 Å². The minimum absolute atomic E-state index is 0.0502. The Morgan fingerprint density at radius 3 is 2.92 bits per heavy atom. The number of benzene rings is 1. The Morgan fingerprint density at radius 2 is 2.17 bits per heavy atom. The van der Waals surface area contributed by atoms with E-state index >= 15 is 0 Å². The summed E-state index contributed by atoms with van der Waals surface area (Å²) >= 11 is 4.89. The van der Waals surface area contributed by atoms with E-state index in [-0.39, 0.29) is 5.56 Å². The first-order valence-corrected chi connectivity index (χ1v) is 9.18. The molecular weight excluding hydrogens is 388 g/mol. The molecule has 1 aromatic carbocycles. The van der Waals surface area contributed by atoms with Crippen LogP contribution >= 0.6 is 27.3 Å². The molecule has 0 saturated heterocycles. The third kappa shape index (κ3) is 2.39. The van der Waals surface area contributed by atoms with Crippen molar-refractivity contribution < 1.29 is 0 Å². The van der Waals surface area contributed by atoms with Crippen molar-refractivity contribution in [2.75, 3.05) is 20.6 Å². The predicted octanol–water partition coefficient (Wildman–Crippen LogP) is 1.90. The van der Waals surface area contributed by atoms with Crippen LogP contribution in [0.5, 0.6) is 0 Å². The number of thiophene rings is 1. The maximum Gasteiger partial charge on any atom is 0.275 e. The highest BCUT2D eigenvalue weighted by atomic mass is 79.9. The van der Waals surface area contributed by atoms with E-state index < -0.39 is 0 Å². The normalized spacial score (nSPS) is 13.7. The van der Waals surface area contributed by atoms with Gasteiger partial charge in [-0.2, -0.15) is 0 Å². The molecule has 1 aliphatic heterocycles. The quantitative estimate of drug-likeness (QED) is 0.657. The molecule has 0 amide bonds. The topological polar surface area (TPSA) is 50.5 Å². The summed E-state index contributed by atoms with van der Waals surface area (Å²) < 4.78 is 4.09. The fraction of sp³-hybridized carbons (Fsp3) is 0.235. The molecule has 0 radical (unpaired) electrons. The second-order valence-corrected chi connectivity index (χ2v) is 7.75. The van der Waals surface area contributed by atoms with Crippen molar-refractivity contribution in [3.8, 4) is 5.69 Å². The maximum absolute atomic E-state index is 13.0. The maximum atomic E-state index is 13.0. The standard InChI is InChI=1S/C17H15BrN4OS/c1-21(2)12-6-7-19-16-13(12)14-15(24-16)17(23)22(9-20-14)11-5-3-4-10(18)8-11/h3-5,8-9H,6-7H2,1-2H3. The van der Waals surface area contributed by atoms with Gasteiger partial charge in [-0.1, -0.05) is 22.0 Å². The van der Waals surface area contributed by atoms with Crippen LogP contribution in [0, 0.1) is 0 Å². The van der Waals surface area contributed by atoms with Crippen LogP contribution in [0.2, 0.25) is 0 Å². The molecule has 5 nitrogen and oxygen atoms in total. The van der Waals surface area contributed by atoms with Gasteiger partial charge in [0.2, 0.25) is 0 Å². The van der Waals surface area contributed by atoms with Crippen molar-refractivity contribution in [3.63, 3.8) is 0 Å². The Hall–Kier alpha value is -1.99. The molecule has 0 fully saturated rings. The molecule has 24 heavy (non-hydrogen) atoms. The summed E-state index contributed by atoms with van der Waals surface area (Å²) in [4.78, 5) is 24.3. The van der Waals surface area contributed by atoms with Crippen molar-refractivity contribution in [1.29, 1.82) is 0 Å². The number of halogens is 1. The minimum Gasteiger partial charge on any atom is -0.380 e. The highest BCUT2D eigenvalue weighted by molar-refractivity contribution is 9.10. The molecule has 0 saturated carbocycles. The number of hydrogen-bond acceptors (Lipinski definition) is 5. The number of nitrogens with zero attached hydrogens (tertiary/aromatic N) is 4. The molecule has 0 unspecified atom stereocenters. The number of rotatable bonds is 2. The Bertz CT molecular complexity index is 1130. The molecule has 3 heterocycles. The van der Waals surface area contributed by atoms with Crippen LogP contribution < -0.4 is 15.4 Å². The van der Waals surface area contributed by atoms with E-state index in [4.69, 9.17) is 0 Å². The van der Waals surface area contributed by atoms with Crippen LogP contribution in [0.3, 0.4) is 0 Å². The molecule has 0 atom stereocenters. The van der Waals surface area contributed by atoms with Gasteiger partial charge in [0.15, 0.2) is 0 Å². The molecule has 0 spiro atoms. The molecule has 1 aliphatic rings. The fourth-order valence-corrected chi connectivity index (χ4v) is 4.46. The molecule has 122 valence electrons. The van der Waals surface area contributed by atoms with Gasteiger partial charge in [-0.05, 0) is 18.2 Å². The van der Waals surface area contributed by atoms with E-state index in [0.29, 0.717) is 4.70 Å². The van der Waals surface area contributed by atoms with E-state index in [0.717, 1.165) is 38.5 Å². The van der Waals surface area contributed by atoms with Gasteiger partial charge in [0, 0.05) is 37.2 Å². The Labute approximate surface area is 150 Å². The minimum atomic E-state index is -0.0502. The van der Waals surface area contributed by atoms with Gasteiger partial charge in [0.05, 0.1) is 16.4 Å². The number of fused-ring (bicyclic) bond motifs is 3. The highest BCUT2D eigenvalue weighted by Gasteiger charge is 2.17. The lowest BCUT2D eigenvalue weighted by atomic mass is 10.2. The first-order chi connectivity index (χ1) is 11.6. The summed E-state index contributed by atoms with van der Waals surface area (Å²) in [6, 6.07) is 7.64. The van der Waals surface area contributed by atoms with Crippen molar-refractivity contribution in [1.82, 2.24) is 14.5 Å². The first-order valence-electron chi connectivity index (χ1n) is 7.57. The van der Waals surface area contributed by atoms with Crippen molar-refractivity contribution in [2.24, 2.45) is 4.99 Å². The number of aromatic nitrogens is 2. The van der Waals surface area contributed by atoms with Crippen molar-refractivity contribution in [3.05, 3.63) is 55.3 Å². The Morgan fingerprint density at radius 1 is 1.33 bits per heavy atom. The van der Waals surface area contributed by atoms with Crippen LogP contribution in [0.1, 0.15) is 6.42 Å². The predicted molar refractivity (Wildman–Crippen MR) is 100 cm³/mol. The molecule has 4 rings (SSSR count). The average Bonchev–Trinajstić information content (AvgIpc) is 2.94. The Kier molecular flexibility index (Phi) is 3.77. The molecule has 0 aliphatic carbocycles. The molecule has 2 aromatic heterocycles. The second kappa shape index (κ2) is 5.82. The summed E-state index contributed by atoms with van der Waals surface area (Å²) in [5, 5.41) is 1.02. The van der Waals surface area contributed by atoms with E-state index in [1.165, 1.54) is 17.0 Å². The zero-order valence-electron chi connectivity index (χ0n) is 13.3. The third-order valence-electron chi connectivity index (χ3n) is 4.10. The van der Waals surface area contributed by atoms with Gasteiger partial charge in [0.1, 0.15) is 15.7 Å². The Balaban J connectivity index is 2.08. The van der Waals surface area contributed by atoms with Crippen molar-refractivity contribution in [2.45, 2.75) is 6.42 Å². The summed E-state index contributed by atoms with van der Waals surface area (Å²) in [5.41, 5.74) is 2.70. The summed E-state index contributed by atoms with van der Waals surface area (Å²) in [5.74, 6) is 0. The SMILES string of the molecule is CN(C)C1=c2c(sc3c(=O)n(-c4cccc(Br)c4)cnc23)=NCC1. The third-order valence-corrected chi connectivity index (χ3v) is 5.69. The van der Waals surface area contributed by atoms with Crippen molar-refractivity contribution >= 4 is 43.2 Å². The fourth-order valence-electron chi connectivity index (χ4n) is 2.97. The van der Waals surface area contributed by atoms with Gasteiger partial charge >= 0.3 is 0 Å². The summed E-state index contributed by atoms with van der Waals surface area (Å²) in [6.45, 7) is 0.757. The van der Waals surface area contributed by atoms with Crippen LogP contribution in [-0.4, -0.2) is 35.1 Å². The second-order valence-electron chi connectivity index (χ2n) is 5.83. The molecular formula is C17H15BrN4OS. The lowest BCUT2D eigenvalue weighted by Crippen LogP contribution is -2.33. The number of hydrogen-bond donors (Lipinski definition) is 0. The van der Waals surface area contributed by atoms with Crippen LogP contribution in [0.25, 0.3) is 21.6 Å². The monoisotopic (exact) mass is 402 g/mol. The zero-order valence-corrected chi connectivity index (χ0v) is 15.7. The largest absolute Gasteiger partial charge is 0.380 e. The first kappa shape index (κ1) is 15.5. The lowest BCUT2D eigenvalue weighted by molar-refractivity contribution is 0.558. The van der Waals surface area contributed by atoms with E-state index in [1.54, 1.807) is 10.9 Å². The van der Waals surface area contributed by atoms with Gasteiger partial charge in [0.25, 0.3) is 5.56 Å². The molecule has 3 aromatic rings. The van der Waals surface area contributed by atoms with Gasteiger partial charge < -0.3 is 4.90 Å². The van der Waals surface area contributed by atoms with Gasteiger partial charge in [-0.3, -0.25) is 14.4 Å². The smallest absolute Gasteiger partial charge is 0.275 e. The molecule has 0 N–H and O–H groups in total.